The van der Waals surface area contributed by atoms with E-state index >= 15 is 0 Å². The molecule has 3 saturated heterocycles. The van der Waals surface area contributed by atoms with Crippen molar-refractivity contribution in [2.75, 3.05) is 55.0 Å². The minimum atomic E-state index is -0.830. The fraction of sp³-hybridized carbons (Fsp3) is 0.483. The number of ether oxygens (including phenoxy) is 3. The zero-order valence-electron chi connectivity index (χ0n) is 45.1. The molecule has 5 N–H and O–H groups in total. The molecule has 4 aliphatic carbocycles. The van der Waals surface area contributed by atoms with Crippen molar-refractivity contribution in [1.82, 2.24) is 35.5 Å². The van der Waals surface area contributed by atoms with E-state index in [2.05, 4.69) is 64.4 Å². The summed E-state index contributed by atoms with van der Waals surface area (Å²) in [5.41, 5.74) is 15.2. The maximum Gasteiger partial charge on any atom is 0.243 e. The number of nitrogens with one attached hydrogen (secondary N) is 1. The highest BCUT2D eigenvalue weighted by atomic mass is 32.1. The zero-order chi connectivity index (χ0) is 54.6. The van der Waals surface area contributed by atoms with Crippen LogP contribution in [0.2, 0.25) is 0 Å². The maximum absolute atomic E-state index is 14.2. The van der Waals surface area contributed by atoms with E-state index in [9.17, 15) is 19.8 Å². The number of aliphatic hydroxyl groups excluding tert-OH is 1. The van der Waals surface area contributed by atoms with E-state index in [1.54, 1.807) is 29.5 Å². The fourth-order valence-electron chi connectivity index (χ4n) is 13.4. The van der Waals surface area contributed by atoms with Crippen LogP contribution in [0.5, 0.6) is 11.6 Å². The Balaban J connectivity index is 0.560. The molecule has 2 amide bonds. The van der Waals surface area contributed by atoms with Crippen LogP contribution < -0.4 is 25.6 Å². The van der Waals surface area contributed by atoms with Crippen molar-refractivity contribution in [2.24, 2.45) is 16.7 Å². The van der Waals surface area contributed by atoms with Crippen LogP contribution in [0.1, 0.15) is 107 Å². The molecule has 2 aromatic carbocycles. The number of aromatic hydroxyl groups is 1. The van der Waals surface area contributed by atoms with Crippen LogP contribution in [0.25, 0.3) is 21.7 Å². The molecule has 4 bridgehead atoms. The lowest BCUT2D eigenvalue weighted by Gasteiger charge is -2.70. The number of aliphatic hydroxyl groups is 1. The lowest BCUT2D eigenvalue weighted by Crippen LogP contribution is -2.66. The monoisotopic (exact) mass is 1090 g/mol. The number of thiazole rings is 1. The number of aromatic nitrogens is 5. The third-order valence-corrected chi connectivity index (χ3v) is 18.2. The number of para-hydroxylation sites is 1. The Morgan fingerprint density at radius 2 is 1.68 bits per heavy atom. The van der Waals surface area contributed by atoms with Gasteiger partial charge in [0.25, 0.3) is 0 Å². The number of nitrogen functional groups attached to an aromatic ring is 1. The van der Waals surface area contributed by atoms with Crippen LogP contribution >= 0.6 is 11.3 Å². The van der Waals surface area contributed by atoms with Gasteiger partial charge in [-0.1, -0.05) is 61.3 Å². The largest absolute Gasteiger partial charge is 0.507 e. The Morgan fingerprint density at radius 1 is 0.924 bits per heavy atom. The van der Waals surface area contributed by atoms with Crippen molar-refractivity contribution in [3.8, 4) is 45.2 Å². The summed E-state index contributed by atoms with van der Waals surface area (Å²) in [4.78, 5) is 44.3. The molecule has 4 aromatic heterocycles. The Hall–Kier alpha value is -7.11. The number of anilines is 3. The van der Waals surface area contributed by atoms with Crippen molar-refractivity contribution in [1.29, 1.82) is 0 Å². The number of amides is 2. The van der Waals surface area contributed by atoms with E-state index in [0.29, 0.717) is 53.1 Å². The summed E-state index contributed by atoms with van der Waals surface area (Å²) >= 11 is 1.59. The zero-order valence-corrected chi connectivity index (χ0v) is 45.9. The standard InChI is InChI=1S/C60H68N10O8S/c1-35(2)54(58(74)69-28-44(71)22-50(69)57(73)64-36(3)38-11-13-39(14-12-38)55-37(4)63-34-79-55)52-20-40(67-78-52)8-7-19-75-32-59-29-60(30-59,31-59)33-76-45-23-46(24-45)77-53-21-41(17-18-62-53)70-42-15-16-43(70)27-68(26-42)49-25-48(65-66-56(49)61)47-9-5-6-10-51(47)72/h5-6,9-14,17-18,20-21,25,34-36,42-46,50,54,71-72H,15-16,19,22-24,26-33H2,1-4H3,(H2,61,66)(H,64,73)/t36-,42?,43?,44+,45-,46-,50-,54+,59?,60?/m0/s1. The third kappa shape index (κ3) is 10.6. The number of fused-ring (bicyclic) bond motifs is 2. The molecule has 4 saturated carbocycles. The number of phenolic OH excluding ortho intramolecular Hbond substituents is 1. The second-order valence-corrected chi connectivity index (χ2v) is 24.2. The lowest BCUT2D eigenvalue weighted by molar-refractivity contribution is -0.262. The van der Waals surface area contributed by atoms with Crippen molar-refractivity contribution in [3.63, 3.8) is 0 Å². The van der Waals surface area contributed by atoms with Crippen molar-refractivity contribution in [3.05, 3.63) is 107 Å². The average molecular weight is 1090 g/mol. The number of β-amino-alcohol motifs (C(OH)–C–C–N with tert-alkyl or cyclic N) is 1. The summed E-state index contributed by atoms with van der Waals surface area (Å²) in [5, 5.41) is 37.0. The van der Waals surface area contributed by atoms with E-state index in [1.165, 1.54) is 4.90 Å². The molecule has 19 heteroatoms. The SMILES string of the molecule is Cc1ncsc1-c1ccc([C@H](C)NC(=O)[C@@H]2C[C@@H](O)CN2C(=O)[C@@H](c2cc(C#CCOCC34CC(CO[C@H]5C[C@H](Oc6cc(N7C8CCC7CN(c7cc(-c9ccccc9O)nnc7N)C8)ccn6)C5)(C3)C4)no2)C(C)C)cc1. The molecule has 18 nitrogen and oxygen atoms in total. The van der Waals surface area contributed by atoms with Gasteiger partial charge in [-0.2, -0.15) is 0 Å². The first-order valence-corrected chi connectivity index (χ1v) is 28.6. The van der Waals surface area contributed by atoms with Crippen LogP contribution in [-0.2, 0) is 19.1 Å². The first-order valence-electron chi connectivity index (χ1n) is 27.7. The molecule has 2 unspecified atom stereocenters. The van der Waals surface area contributed by atoms with E-state index < -0.39 is 18.1 Å². The normalized spacial score (nSPS) is 26.4. The molecule has 0 spiro atoms. The van der Waals surface area contributed by atoms with Crippen LogP contribution in [0, 0.1) is 35.5 Å². The molecule has 79 heavy (non-hydrogen) atoms. The van der Waals surface area contributed by atoms with Gasteiger partial charge < -0.3 is 54.7 Å². The van der Waals surface area contributed by atoms with E-state index in [4.69, 9.17) is 24.5 Å². The second kappa shape index (κ2) is 21.5. The first kappa shape index (κ1) is 52.6. The highest BCUT2D eigenvalue weighted by Gasteiger charge is 2.67. The molecule has 6 atom stereocenters. The molecular formula is C60H68N10O8S. The topological polar surface area (TPSA) is 228 Å². The molecule has 412 valence electrons. The van der Waals surface area contributed by atoms with Gasteiger partial charge in [-0.05, 0) is 104 Å². The molecule has 13 rings (SSSR count). The molecule has 7 heterocycles. The number of likely N-dealkylation sites (tertiary alicyclic amines) is 1. The number of carbonyl (C=O) groups is 2. The van der Waals surface area contributed by atoms with Crippen LogP contribution in [0.3, 0.4) is 0 Å². The van der Waals surface area contributed by atoms with Crippen molar-refractivity contribution < 1.29 is 38.5 Å². The molecule has 7 fully saturated rings. The minimum Gasteiger partial charge on any atom is -0.507 e. The highest BCUT2D eigenvalue weighted by molar-refractivity contribution is 7.13. The number of phenols is 1. The fourth-order valence-corrected chi connectivity index (χ4v) is 14.2. The number of carbonyl (C=O) groups excluding carboxylic acids is 2. The number of hydrogen-bond donors (Lipinski definition) is 4. The van der Waals surface area contributed by atoms with Crippen LogP contribution in [0.4, 0.5) is 17.2 Å². The minimum absolute atomic E-state index is 0.0513. The average Bonchev–Trinajstić information content (AvgIpc) is 4.22. The predicted molar refractivity (Wildman–Crippen MR) is 298 cm³/mol. The third-order valence-electron chi connectivity index (χ3n) is 17.2. The summed E-state index contributed by atoms with van der Waals surface area (Å²) in [6.45, 7) is 11.0. The number of nitrogens with two attached hydrogens (primary N) is 1. The van der Waals surface area contributed by atoms with E-state index in [-0.39, 0.29) is 72.1 Å². The molecule has 6 aromatic rings. The van der Waals surface area contributed by atoms with Gasteiger partial charge in [0.05, 0.1) is 58.9 Å². The van der Waals surface area contributed by atoms with Gasteiger partial charge in [0.15, 0.2) is 17.3 Å². The molecule has 0 radical (unpaired) electrons. The Morgan fingerprint density at radius 3 is 2.42 bits per heavy atom. The van der Waals surface area contributed by atoms with Gasteiger partial charge in [0, 0.05) is 80.6 Å². The van der Waals surface area contributed by atoms with Crippen molar-refractivity contribution >= 4 is 40.3 Å². The van der Waals surface area contributed by atoms with Gasteiger partial charge in [-0.25, -0.2) is 9.97 Å². The first-order chi connectivity index (χ1) is 38.2. The Kier molecular flexibility index (Phi) is 14.3. The predicted octanol–water partition coefficient (Wildman–Crippen LogP) is 7.85. The van der Waals surface area contributed by atoms with Crippen LogP contribution in [0.15, 0.2) is 89.0 Å². The van der Waals surface area contributed by atoms with E-state index in [1.807, 2.05) is 81.9 Å². The number of rotatable bonds is 18. The smallest absolute Gasteiger partial charge is 0.243 e. The Labute approximate surface area is 464 Å². The summed E-state index contributed by atoms with van der Waals surface area (Å²) < 4.78 is 24.6. The van der Waals surface area contributed by atoms with Gasteiger partial charge in [-0.3, -0.25) is 9.59 Å². The number of nitrogens with zero attached hydrogens (tertiary/aromatic N) is 8. The highest BCUT2D eigenvalue weighted by Crippen LogP contribution is 2.73. The van der Waals surface area contributed by atoms with Gasteiger partial charge in [0.1, 0.15) is 30.4 Å². The van der Waals surface area contributed by atoms with Crippen LogP contribution in [-0.4, -0.2) is 128 Å². The number of aryl methyl sites for hydroxylation is 1. The second-order valence-electron chi connectivity index (χ2n) is 23.4. The summed E-state index contributed by atoms with van der Waals surface area (Å²) in [5.74, 6) is 6.15. The Bertz CT molecular complexity index is 3240. The lowest BCUT2D eigenvalue weighted by atomic mass is 9.35. The van der Waals surface area contributed by atoms with E-state index in [0.717, 1.165) is 97.7 Å². The quantitative estimate of drug-likeness (QED) is 0.0475. The van der Waals surface area contributed by atoms with Gasteiger partial charge >= 0.3 is 0 Å². The number of piperazine rings is 1. The van der Waals surface area contributed by atoms with Crippen molar-refractivity contribution in [2.45, 2.75) is 127 Å². The van der Waals surface area contributed by atoms with Gasteiger partial charge in [0.2, 0.25) is 17.7 Å². The number of benzene rings is 2. The summed E-state index contributed by atoms with van der Waals surface area (Å²) in [6.07, 6.45) is 8.52. The summed E-state index contributed by atoms with van der Waals surface area (Å²) in [7, 11) is 0. The molecule has 3 aliphatic heterocycles. The number of pyridine rings is 1. The summed E-state index contributed by atoms with van der Waals surface area (Å²) in [6, 6.07) is 22.4. The molecule has 7 aliphatic rings. The molecular weight excluding hydrogens is 1020 g/mol. The maximum atomic E-state index is 14.2. The van der Waals surface area contributed by atoms with Gasteiger partial charge in [-0.15, -0.1) is 21.5 Å². The number of hydrogen-bond acceptors (Lipinski definition) is 17.